The quantitative estimate of drug-likeness (QED) is 0.678. The standard InChI is InChI=1S/C24H25N5O/c1-2-26-24(30)22-8-5-18(13-22)16-29-23(15-27-28-29)21-11-9-20(10-12-21)19-6-3-17(14-25)4-7-19/h3-4,6-7,9-12,15,18,22H,2,5,8,13,16H2,1H3,(H,26,30)/t18-,22+/m1/s1. The Morgan fingerprint density at radius 2 is 1.77 bits per heavy atom. The molecule has 4 rings (SSSR count). The summed E-state index contributed by atoms with van der Waals surface area (Å²) in [5.74, 6) is 0.738. The lowest BCUT2D eigenvalue weighted by Crippen LogP contribution is -2.29. The van der Waals surface area contributed by atoms with E-state index in [9.17, 15) is 4.79 Å². The number of aromatic nitrogens is 3. The molecule has 3 aromatic rings. The van der Waals surface area contributed by atoms with Gasteiger partial charge in [-0.15, -0.1) is 5.10 Å². The van der Waals surface area contributed by atoms with Crippen molar-refractivity contribution in [1.29, 1.82) is 5.26 Å². The fourth-order valence-electron chi connectivity index (χ4n) is 4.23. The highest BCUT2D eigenvalue weighted by Gasteiger charge is 2.30. The van der Waals surface area contributed by atoms with Crippen molar-refractivity contribution in [3.05, 3.63) is 60.3 Å². The summed E-state index contributed by atoms with van der Waals surface area (Å²) < 4.78 is 1.96. The molecule has 1 amide bonds. The van der Waals surface area contributed by atoms with Gasteiger partial charge in [-0.3, -0.25) is 4.79 Å². The lowest BCUT2D eigenvalue weighted by atomic mass is 10.0. The van der Waals surface area contributed by atoms with Gasteiger partial charge in [-0.1, -0.05) is 41.6 Å². The number of benzene rings is 2. The fraction of sp³-hybridized carbons (Fsp3) is 0.333. The Labute approximate surface area is 176 Å². The first kappa shape index (κ1) is 19.8. The Kier molecular flexibility index (Phi) is 5.89. The zero-order valence-corrected chi connectivity index (χ0v) is 17.1. The van der Waals surface area contributed by atoms with E-state index in [1.54, 1.807) is 6.20 Å². The smallest absolute Gasteiger partial charge is 0.223 e. The van der Waals surface area contributed by atoms with Crippen molar-refractivity contribution in [1.82, 2.24) is 20.3 Å². The first-order valence-corrected chi connectivity index (χ1v) is 10.4. The first-order chi connectivity index (χ1) is 14.7. The average molecular weight is 399 g/mol. The Balaban J connectivity index is 1.45. The summed E-state index contributed by atoms with van der Waals surface area (Å²) in [4.78, 5) is 12.1. The molecule has 0 radical (unpaired) electrons. The van der Waals surface area contributed by atoms with Crippen molar-refractivity contribution in [2.45, 2.75) is 32.7 Å². The maximum absolute atomic E-state index is 12.1. The van der Waals surface area contributed by atoms with E-state index in [2.05, 4.69) is 46.0 Å². The average Bonchev–Trinajstić information content (AvgIpc) is 3.44. The molecule has 1 heterocycles. The molecule has 1 aromatic heterocycles. The lowest BCUT2D eigenvalue weighted by molar-refractivity contribution is -0.124. The van der Waals surface area contributed by atoms with E-state index >= 15 is 0 Å². The Bertz CT molecular complexity index is 1050. The van der Waals surface area contributed by atoms with Crippen LogP contribution in [-0.2, 0) is 11.3 Å². The molecule has 0 unspecified atom stereocenters. The van der Waals surface area contributed by atoms with Crippen molar-refractivity contribution in [3.8, 4) is 28.5 Å². The van der Waals surface area contributed by atoms with Gasteiger partial charge in [-0.25, -0.2) is 4.68 Å². The van der Waals surface area contributed by atoms with E-state index in [0.717, 1.165) is 48.2 Å². The third-order valence-electron chi connectivity index (χ3n) is 5.84. The van der Waals surface area contributed by atoms with Crippen LogP contribution in [0.3, 0.4) is 0 Å². The summed E-state index contributed by atoms with van der Waals surface area (Å²) >= 11 is 0. The molecule has 1 aliphatic rings. The number of carbonyl (C=O) groups is 1. The van der Waals surface area contributed by atoms with Crippen molar-refractivity contribution in [3.63, 3.8) is 0 Å². The number of hydrogen-bond acceptors (Lipinski definition) is 4. The van der Waals surface area contributed by atoms with Gasteiger partial charge in [0.2, 0.25) is 5.91 Å². The van der Waals surface area contributed by atoms with Crippen molar-refractivity contribution < 1.29 is 4.79 Å². The molecule has 2 atom stereocenters. The number of hydrogen-bond donors (Lipinski definition) is 1. The SMILES string of the molecule is CCNC(=O)[C@H]1CC[C@@H](Cn2nncc2-c2ccc(-c3ccc(C#N)cc3)cc2)C1. The molecule has 1 saturated carbocycles. The second kappa shape index (κ2) is 8.91. The minimum atomic E-state index is 0.119. The zero-order chi connectivity index (χ0) is 20.9. The molecule has 0 bridgehead atoms. The van der Waals surface area contributed by atoms with Crippen molar-refractivity contribution in [2.75, 3.05) is 6.54 Å². The first-order valence-electron chi connectivity index (χ1n) is 10.4. The monoisotopic (exact) mass is 399 g/mol. The Hall–Kier alpha value is -3.46. The molecule has 1 aliphatic carbocycles. The van der Waals surface area contributed by atoms with Gasteiger partial charge in [0.05, 0.1) is 23.5 Å². The van der Waals surface area contributed by atoms with E-state index in [4.69, 9.17) is 5.26 Å². The maximum atomic E-state index is 12.1. The van der Waals surface area contributed by atoms with Crippen molar-refractivity contribution >= 4 is 5.91 Å². The van der Waals surface area contributed by atoms with Crippen LogP contribution < -0.4 is 5.32 Å². The molecule has 0 aliphatic heterocycles. The molecule has 6 heteroatoms. The topological polar surface area (TPSA) is 83.6 Å². The summed E-state index contributed by atoms with van der Waals surface area (Å²) in [6.07, 6.45) is 4.69. The molecular formula is C24H25N5O. The van der Waals surface area contributed by atoms with E-state index < -0.39 is 0 Å². The maximum Gasteiger partial charge on any atom is 0.223 e. The Morgan fingerprint density at radius 3 is 2.43 bits per heavy atom. The van der Waals surface area contributed by atoms with Gasteiger partial charge in [0, 0.05) is 24.6 Å². The number of amides is 1. The van der Waals surface area contributed by atoms with Crippen LogP contribution in [0.15, 0.2) is 54.7 Å². The van der Waals surface area contributed by atoms with E-state index in [-0.39, 0.29) is 11.8 Å². The van der Waals surface area contributed by atoms with Gasteiger partial charge in [0.15, 0.2) is 0 Å². The van der Waals surface area contributed by atoms with Crippen LogP contribution in [0.2, 0.25) is 0 Å². The molecule has 0 saturated heterocycles. The molecule has 1 fully saturated rings. The lowest BCUT2D eigenvalue weighted by Gasteiger charge is -2.13. The van der Waals surface area contributed by atoms with Crippen LogP contribution in [-0.4, -0.2) is 27.4 Å². The fourth-order valence-corrected chi connectivity index (χ4v) is 4.23. The number of nitriles is 1. The van der Waals surface area contributed by atoms with Gasteiger partial charge in [-0.05, 0) is 55.4 Å². The highest BCUT2D eigenvalue weighted by Crippen LogP contribution is 2.33. The summed E-state index contributed by atoms with van der Waals surface area (Å²) in [6, 6.07) is 18.0. The Morgan fingerprint density at radius 1 is 1.10 bits per heavy atom. The summed E-state index contributed by atoms with van der Waals surface area (Å²) in [5, 5.41) is 20.3. The number of nitrogens with one attached hydrogen (secondary N) is 1. The minimum absolute atomic E-state index is 0.119. The van der Waals surface area contributed by atoms with Gasteiger partial charge >= 0.3 is 0 Å². The highest BCUT2D eigenvalue weighted by molar-refractivity contribution is 5.78. The van der Waals surface area contributed by atoms with Crippen LogP contribution >= 0.6 is 0 Å². The summed E-state index contributed by atoms with van der Waals surface area (Å²) in [5.41, 5.74) is 4.89. The van der Waals surface area contributed by atoms with Crippen LogP contribution in [0.4, 0.5) is 0 Å². The van der Waals surface area contributed by atoms with Crippen LogP contribution in [0.1, 0.15) is 31.7 Å². The highest BCUT2D eigenvalue weighted by atomic mass is 16.1. The second-order valence-corrected chi connectivity index (χ2v) is 7.84. The van der Waals surface area contributed by atoms with Crippen LogP contribution in [0.5, 0.6) is 0 Å². The molecule has 6 nitrogen and oxygen atoms in total. The third-order valence-corrected chi connectivity index (χ3v) is 5.84. The van der Waals surface area contributed by atoms with E-state index in [1.165, 1.54) is 0 Å². The largest absolute Gasteiger partial charge is 0.356 e. The molecule has 2 aromatic carbocycles. The van der Waals surface area contributed by atoms with Crippen LogP contribution in [0, 0.1) is 23.2 Å². The van der Waals surface area contributed by atoms with Gasteiger partial charge in [0.25, 0.3) is 0 Å². The zero-order valence-electron chi connectivity index (χ0n) is 17.1. The van der Waals surface area contributed by atoms with Crippen molar-refractivity contribution in [2.24, 2.45) is 11.8 Å². The predicted molar refractivity (Wildman–Crippen MR) is 115 cm³/mol. The summed E-state index contributed by atoms with van der Waals surface area (Å²) in [6.45, 7) is 3.42. The molecule has 0 spiro atoms. The van der Waals surface area contributed by atoms with Crippen LogP contribution in [0.25, 0.3) is 22.4 Å². The summed E-state index contributed by atoms with van der Waals surface area (Å²) in [7, 11) is 0. The van der Waals surface area contributed by atoms with Gasteiger partial charge < -0.3 is 5.32 Å². The van der Waals surface area contributed by atoms with Gasteiger partial charge in [-0.2, -0.15) is 5.26 Å². The normalized spacial score (nSPS) is 18.1. The molecule has 1 N–H and O–H groups in total. The van der Waals surface area contributed by atoms with Gasteiger partial charge in [0.1, 0.15) is 0 Å². The van der Waals surface area contributed by atoms with E-state index in [1.807, 2.05) is 35.9 Å². The number of nitrogens with zero attached hydrogens (tertiary/aromatic N) is 4. The third kappa shape index (κ3) is 4.25. The molecule has 30 heavy (non-hydrogen) atoms. The predicted octanol–water partition coefficient (Wildman–Crippen LogP) is 4.04. The number of carbonyl (C=O) groups excluding carboxylic acids is 1. The number of rotatable bonds is 6. The minimum Gasteiger partial charge on any atom is -0.356 e. The molecular weight excluding hydrogens is 374 g/mol. The second-order valence-electron chi connectivity index (χ2n) is 7.84. The molecule has 152 valence electrons. The van der Waals surface area contributed by atoms with E-state index in [0.29, 0.717) is 18.0 Å².